The zero-order valence-electron chi connectivity index (χ0n) is 17.3. The lowest BCUT2D eigenvalue weighted by Gasteiger charge is -2.13. The summed E-state index contributed by atoms with van der Waals surface area (Å²) in [6.07, 6.45) is 4.94. The third kappa shape index (κ3) is 5.34. The van der Waals surface area contributed by atoms with Gasteiger partial charge in [-0.15, -0.1) is 0 Å². The first-order chi connectivity index (χ1) is 15.2. The highest BCUT2D eigenvalue weighted by atomic mass is 16.5. The number of amides is 1. The largest absolute Gasteiger partial charge is 0.424 e. The monoisotopic (exact) mass is 409 g/mol. The molecule has 0 aliphatic carbocycles. The average molecular weight is 409 g/mol. The van der Waals surface area contributed by atoms with E-state index in [4.69, 9.17) is 4.74 Å². The standard InChI is InChI=1S/C26H23N3O2/c1-19-18-22(31-26-27-16-7-17-28-26)14-15-24(19)29-25(30)23-11-6-5-10-21(23)13-12-20-8-3-2-4-9-20/h2-11,14-18H,12-13H2,1H3,(H,29,30). The van der Waals surface area contributed by atoms with E-state index >= 15 is 0 Å². The number of nitrogens with one attached hydrogen (secondary N) is 1. The molecule has 0 aliphatic heterocycles. The first kappa shape index (κ1) is 20.3. The van der Waals surface area contributed by atoms with Crippen molar-refractivity contribution in [3.8, 4) is 11.8 Å². The third-order valence-electron chi connectivity index (χ3n) is 4.99. The van der Waals surface area contributed by atoms with Crippen molar-refractivity contribution in [2.75, 3.05) is 5.32 Å². The van der Waals surface area contributed by atoms with Crippen LogP contribution in [-0.2, 0) is 12.8 Å². The Morgan fingerprint density at radius 2 is 1.61 bits per heavy atom. The van der Waals surface area contributed by atoms with Crippen LogP contribution in [0.5, 0.6) is 11.8 Å². The van der Waals surface area contributed by atoms with Gasteiger partial charge < -0.3 is 10.1 Å². The third-order valence-corrected chi connectivity index (χ3v) is 4.99. The number of carbonyl (C=O) groups is 1. The van der Waals surface area contributed by atoms with E-state index in [1.807, 2.05) is 61.5 Å². The van der Waals surface area contributed by atoms with Crippen LogP contribution in [0.1, 0.15) is 27.0 Å². The second-order valence-corrected chi connectivity index (χ2v) is 7.21. The highest BCUT2D eigenvalue weighted by molar-refractivity contribution is 6.05. The summed E-state index contributed by atoms with van der Waals surface area (Å²) in [5.41, 5.74) is 4.61. The van der Waals surface area contributed by atoms with E-state index in [0.29, 0.717) is 11.3 Å². The maximum Gasteiger partial charge on any atom is 0.321 e. The fraction of sp³-hybridized carbons (Fsp3) is 0.115. The molecule has 31 heavy (non-hydrogen) atoms. The molecule has 0 aliphatic rings. The maximum atomic E-state index is 13.0. The smallest absolute Gasteiger partial charge is 0.321 e. The lowest BCUT2D eigenvalue weighted by atomic mass is 9.99. The highest BCUT2D eigenvalue weighted by Crippen LogP contribution is 2.25. The normalized spacial score (nSPS) is 10.5. The topological polar surface area (TPSA) is 64.1 Å². The summed E-state index contributed by atoms with van der Waals surface area (Å²) in [5, 5.41) is 3.03. The second kappa shape index (κ2) is 9.67. The molecular formula is C26H23N3O2. The van der Waals surface area contributed by atoms with Gasteiger partial charge in [-0.1, -0.05) is 48.5 Å². The number of ether oxygens (including phenoxy) is 1. The molecule has 0 radical (unpaired) electrons. The van der Waals surface area contributed by atoms with Gasteiger partial charge in [0.2, 0.25) is 0 Å². The van der Waals surface area contributed by atoms with Gasteiger partial charge in [0, 0.05) is 23.6 Å². The maximum absolute atomic E-state index is 13.0. The van der Waals surface area contributed by atoms with E-state index in [0.717, 1.165) is 29.7 Å². The molecule has 3 aromatic carbocycles. The lowest BCUT2D eigenvalue weighted by molar-refractivity contribution is 0.102. The Hall–Kier alpha value is -3.99. The van der Waals surface area contributed by atoms with Gasteiger partial charge in [0.05, 0.1) is 0 Å². The molecule has 1 heterocycles. The first-order valence-electron chi connectivity index (χ1n) is 10.2. The van der Waals surface area contributed by atoms with Crippen LogP contribution in [0.2, 0.25) is 0 Å². The fourth-order valence-corrected chi connectivity index (χ4v) is 3.36. The number of rotatable bonds is 7. The van der Waals surface area contributed by atoms with Crippen molar-refractivity contribution in [1.82, 2.24) is 9.97 Å². The Morgan fingerprint density at radius 3 is 2.39 bits per heavy atom. The molecule has 0 spiro atoms. The molecule has 5 nitrogen and oxygen atoms in total. The van der Waals surface area contributed by atoms with Gasteiger partial charge in [0.15, 0.2) is 0 Å². The van der Waals surface area contributed by atoms with Crippen molar-refractivity contribution in [1.29, 1.82) is 0 Å². The molecule has 4 rings (SSSR count). The number of aromatic nitrogens is 2. The van der Waals surface area contributed by atoms with Crippen LogP contribution in [0.25, 0.3) is 0 Å². The van der Waals surface area contributed by atoms with Crippen molar-refractivity contribution in [3.05, 3.63) is 114 Å². The van der Waals surface area contributed by atoms with Gasteiger partial charge in [-0.3, -0.25) is 4.79 Å². The predicted molar refractivity (Wildman–Crippen MR) is 122 cm³/mol. The van der Waals surface area contributed by atoms with Crippen LogP contribution in [0, 0.1) is 6.92 Å². The SMILES string of the molecule is Cc1cc(Oc2ncccn2)ccc1NC(=O)c1ccccc1CCc1ccccc1. The minimum absolute atomic E-state index is 0.119. The molecule has 0 atom stereocenters. The van der Waals surface area contributed by atoms with E-state index in [2.05, 4.69) is 27.4 Å². The Labute approximate surface area is 181 Å². The second-order valence-electron chi connectivity index (χ2n) is 7.21. The van der Waals surface area contributed by atoms with Crippen molar-refractivity contribution < 1.29 is 9.53 Å². The number of nitrogens with zero attached hydrogens (tertiary/aromatic N) is 2. The van der Waals surface area contributed by atoms with Crippen LogP contribution in [0.4, 0.5) is 5.69 Å². The molecule has 0 unspecified atom stereocenters. The molecule has 1 aromatic heterocycles. The van der Waals surface area contributed by atoms with Crippen molar-refractivity contribution in [3.63, 3.8) is 0 Å². The van der Waals surface area contributed by atoms with Crippen LogP contribution in [-0.4, -0.2) is 15.9 Å². The summed E-state index contributed by atoms with van der Waals surface area (Å²) in [7, 11) is 0. The van der Waals surface area contributed by atoms with Crippen LogP contribution >= 0.6 is 0 Å². The molecule has 0 saturated heterocycles. The molecule has 1 amide bonds. The summed E-state index contributed by atoms with van der Waals surface area (Å²) < 4.78 is 5.66. The first-order valence-corrected chi connectivity index (χ1v) is 10.2. The summed E-state index contributed by atoms with van der Waals surface area (Å²) in [4.78, 5) is 21.1. The Kier molecular flexibility index (Phi) is 6.33. The molecule has 4 aromatic rings. The summed E-state index contributed by atoms with van der Waals surface area (Å²) in [6.45, 7) is 1.93. The minimum Gasteiger partial charge on any atom is -0.424 e. The minimum atomic E-state index is -0.119. The quantitative estimate of drug-likeness (QED) is 0.431. The molecule has 0 saturated carbocycles. The molecule has 0 fully saturated rings. The van der Waals surface area contributed by atoms with Gasteiger partial charge >= 0.3 is 6.01 Å². The predicted octanol–water partition coefficient (Wildman–Crippen LogP) is 5.61. The van der Waals surface area contributed by atoms with Crippen LogP contribution in [0.3, 0.4) is 0 Å². The molecular weight excluding hydrogens is 386 g/mol. The number of aryl methyl sites for hydroxylation is 3. The zero-order valence-corrected chi connectivity index (χ0v) is 17.3. The number of hydrogen-bond donors (Lipinski definition) is 1. The molecule has 5 heteroatoms. The number of benzene rings is 3. The van der Waals surface area contributed by atoms with Gasteiger partial charge in [0.25, 0.3) is 5.91 Å². The van der Waals surface area contributed by atoms with Crippen molar-refractivity contribution in [2.45, 2.75) is 19.8 Å². The summed E-state index contributed by atoms with van der Waals surface area (Å²) >= 11 is 0. The van der Waals surface area contributed by atoms with Crippen LogP contribution < -0.4 is 10.1 Å². The van der Waals surface area contributed by atoms with Gasteiger partial charge in [0.1, 0.15) is 5.75 Å². The van der Waals surface area contributed by atoms with Gasteiger partial charge in [-0.25, -0.2) is 9.97 Å². The number of anilines is 1. The van der Waals surface area contributed by atoms with E-state index in [-0.39, 0.29) is 11.9 Å². The summed E-state index contributed by atoms with van der Waals surface area (Å²) in [6, 6.07) is 25.5. The Bertz CT molecular complexity index is 1160. The number of hydrogen-bond acceptors (Lipinski definition) is 4. The molecule has 0 bridgehead atoms. The van der Waals surface area contributed by atoms with Crippen LogP contribution in [0.15, 0.2) is 91.3 Å². The van der Waals surface area contributed by atoms with E-state index in [1.165, 1.54) is 5.56 Å². The van der Waals surface area contributed by atoms with E-state index < -0.39 is 0 Å². The highest BCUT2D eigenvalue weighted by Gasteiger charge is 2.13. The zero-order chi connectivity index (χ0) is 21.5. The van der Waals surface area contributed by atoms with E-state index in [9.17, 15) is 4.79 Å². The van der Waals surface area contributed by atoms with E-state index in [1.54, 1.807) is 24.5 Å². The number of carbonyl (C=O) groups excluding carboxylic acids is 1. The average Bonchev–Trinajstić information content (AvgIpc) is 2.81. The fourth-order valence-electron chi connectivity index (χ4n) is 3.36. The Balaban J connectivity index is 1.46. The Morgan fingerprint density at radius 1 is 0.871 bits per heavy atom. The molecule has 154 valence electrons. The van der Waals surface area contributed by atoms with Crippen molar-refractivity contribution in [2.24, 2.45) is 0 Å². The lowest BCUT2D eigenvalue weighted by Crippen LogP contribution is -2.15. The van der Waals surface area contributed by atoms with Gasteiger partial charge in [-0.2, -0.15) is 0 Å². The molecule has 1 N–H and O–H groups in total. The van der Waals surface area contributed by atoms with Gasteiger partial charge in [-0.05, 0) is 66.8 Å². The summed E-state index contributed by atoms with van der Waals surface area (Å²) in [5.74, 6) is 0.497. The van der Waals surface area contributed by atoms with Crippen molar-refractivity contribution >= 4 is 11.6 Å².